The van der Waals surface area contributed by atoms with Crippen molar-refractivity contribution in [3.63, 3.8) is 0 Å². The number of aromatic nitrogens is 2. The third-order valence-electron chi connectivity index (χ3n) is 3.34. The molecule has 1 N–H and O–H groups in total. The first-order valence-corrected chi connectivity index (χ1v) is 5.38. The van der Waals surface area contributed by atoms with Crippen molar-refractivity contribution >= 4 is 0 Å². The molecule has 0 spiro atoms. The Kier molecular flexibility index (Phi) is 2.59. The van der Waals surface area contributed by atoms with E-state index in [1.165, 1.54) is 12.1 Å². The van der Waals surface area contributed by atoms with Gasteiger partial charge in [0.2, 0.25) is 0 Å². The average Bonchev–Trinajstić information content (AvgIpc) is 2.57. The van der Waals surface area contributed by atoms with Gasteiger partial charge in [-0.3, -0.25) is 0 Å². The molecule has 0 saturated carbocycles. The van der Waals surface area contributed by atoms with Crippen molar-refractivity contribution in [2.24, 2.45) is 13.0 Å². The van der Waals surface area contributed by atoms with Crippen LogP contribution in [0.4, 0.5) is 0 Å². The number of imidazole rings is 1. The lowest BCUT2D eigenvalue weighted by atomic mass is 9.85. The third-order valence-corrected chi connectivity index (χ3v) is 3.34. The van der Waals surface area contributed by atoms with E-state index in [2.05, 4.69) is 30.3 Å². The molecule has 0 amide bonds. The van der Waals surface area contributed by atoms with Crippen molar-refractivity contribution in [3.05, 3.63) is 18.2 Å². The van der Waals surface area contributed by atoms with Crippen LogP contribution in [0.15, 0.2) is 12.5 Å². The van der Waals surface area contributed by atoms with Crippen LogP contribution in [-0.2, 0) is 7.05 Å². The largest absolute Gasteiger partial charge is 0.340 e. The second-order valence-electron chi connectivity index (χ2n) is 4.57. The molecule has 1 aromatic rings. The van der Waals surface area contributed by atoms with Gasteiger partial charge in [-0.05, 0) is 19.3 Å². The Morgan fingerprint density at radius 2 is 2.29 bits per heavy atom. The molecule has 1 fully saturated rings. The molecule has 0 radical (unpaired) electrons. The Hall–Kier alpha value is -0.830. The van der Waals surface area contributed by atoms with E-state index in [0.29, 0.717) is 12.0 Å². The fourth-order valence-corrected chi connectivity index (χ4v) is 2.13. The summed E-state index contributed by atoms with van der Waals surface area (Å²) in [6, 6.07) is 0.648. The molecule has 0 bridgehead atoms. The Morgan fingerprint density at radius 3 is 2.86 bits per heavy atom. The van der Waals surface area contributed by atoms with Gasteiger partial charge in [-0.1, -0.05) is 6.92 Å². The van der Waals surface area contributed by atoms with Gasteiger partial charge in [-0.2, -0.15) is 0 Å². The molecule has 1 aromatic heterocycles. The topological polar surface area (TPSA) is 29.9 Å². The zero-order valence-corrected chi connectivity index (χ0v) is 9.20. The van der Waals surface area contributed by atoms with Crippen LogP contribution in [0.25, 0.3) is 0 Å². The highest BCUT2D eigenvalue weighted by atomic mass is 15.0. The quantitative estimate of drug-likeness (QED) is 0.733. The molecule has 3 atom stereocenters. The van der Waals surface area contributed by atoms with E-state index in [1.54, 1.807) is 0 Å². The fourth-order valence-electron chi connectivity index (χ4n) is 2.13. The fraction of sp³-hybridized carbons (Fsp3) is 0.727. The van der Waals surface area contributed by atoms with Crippen LogP contribution >= 0.6 is 0 Å². The maximum atomic E-state index is 4.42. The predicted molar refractivity (Wildman–Crippen MR) is 57.2 cm³/mol. The summed E-state index contributed by atoms with van der Waals surface area (Å²) in [5.41, 5.74) is 1.23. The van der Waals surface area contributed by atoms with Crippen molar-refractivity contribution in [3.8, 4) is 0 Å². The summed E-state index contributed by atoms with van der Waals surface area (Å²) in [5, 5.41) is 3.54. The van der Waals surface area contributed by atoms with Crippen molar-refractivity contribution in [1.82, 2.24) is 14.9 Å². The van der Waals surface area contributed by atoms with Crippen molar-refractivity contribution < 1.29 is 0 Å². The lowest BCUT2D eigenvalue weighted by Gasteiger charge is -2.32. The number of aryl methyl sites for hydroxylation is 1. The van der Waals surface area contributed by atoms with Gasteiger partial charge >= 0.3 is 0 Å². The summed E-state index contributed by atoms with van der Waals surface area (Å²) in [4.78, 5) is 4.42. The zero-order valence-electron chi connectivity index (χ0n) is 9.20. The first-order chi connectivity index (χ1) is 6.66. The molecule has 3 nitrogen and oxygen atoms in total. The predicted octanol–water partition coefficient (Wildman–Crippen LogP) is 1.52. The second kappa shape index (κ2) is 3.73. The minimum Gasteiger partial charge on any atom is -0.340 e. The molecular weight excluding hydrogens is 174 g/mol. The van der Waals surface area contributed by atoms with Gasteiger partial charge in [0, 0.05) is 31.7 Å². The number of piperidine rings is 1. The van der Waals surface area contributed by atoms with Crippen molar-refractivity contribution in [2.45, 2.75) is 32.2 Å². The Labute approximate surface area is 85.5 Å². The van der Waals surface area contributed by atoms with Gasteiger partial charge in [-0.25, -0.2) is 4.98 Å². The van der Waals surface area contributed by atoms with E-state index in [-0.39, 0.29) is 0 Å². The summed E-state index contributed by atoms with van der Waals surface area (Å²) in [7, 11) is 2.03. The molecule has 0 aliphatic carbocycles. The standard InChI is InChI=1S/C11H19N3/c1-8-4-10(5-12-9(8)2)11-6-14(3)7-13-11/h6-10,12H,4-5H2,1-3H3. The van der Waals surface area contributed by atoms with Crippen LogP contribution in [0.1, 0.15) is 31.9 Å². The number of hydrogen-bond donors (Lipinski definition) is 1. The van der Waals surface area contributed by atoms with Crippen LogP contribution in [-0.4, -0.2) is 22.1 Å². The minimum absolute atomic E-state index is 0.599. The molecule has 1 aliphatic rings. The van der Waals surface area contributed by atoms with Crippen LogP contribution in [0.5, 0.6) is 0 Å². The smallest absolute Gasteiger partial charge is 0.0946 e. The van der Waals surface area contributed by atoms with E-state index in [4.69, 9.17) is 0 Å². The van der Waals surface area contributed by atoms with E-state index < -0.39 is 0 Å². The number of rotatable bonds is 1. The normalized spacial score (nSPS) is 33.2. The lowest BCUT2D eigenvalue weighted by Crippen LogP contribution is -2.41. The molecule has 1 aliphatic heterocycles. The van der Waals surface area contributed by atoms with Gasteiger partial charge in [0.25, 0.3) is 0 Å². The summed E-state index contributed by atoms with van der Waals surface area (Å²) >= 11 is 0. The minimum atomic E-state index is 0.599. The molecule has 3 heteroatoms. The van der Waals surface area contributed by atoms with Gasteiger partial charge < -0.3 is 9.88 Å². The first kappa shape index (κ1) is 9.71. The lowest BCUT2D eigenvalue weighted by molar-refractivity contribution is 0.287. The van der Waals surface area contributed by atoms with Crippen LogP contribution in [0.2, 0.25) is 0 Å². The molecule has 0 aromatic carbocycles. The zero-order chi connectivity index (χ0) is 10.1. The van der Waals surface area contributed by atoms with E-state index in [0.717, 1.165) is 12.5 Å². The molecule has 2 heterocycles. The van der Waals surface area contributed by atoms with E-state index in [9.17, 15) is 0 Å². The molecular formula is C11H19N3. The highest BCUT2D eigenvalue weighted by Gasteiger charge is 2.26. The SMILES string of the molecule is CC1CC(c2cn(C)cn2)CNC1C. The maximum absolute atomic E-state index is 4.42. The van der Waals surface area contributed by atoms with Crippen LogP contribution < -0.4 is 5.32 Å². The third kappa shape index (κ3) is 1.82. The molecule has 14 heavy (non-hydrogen) atoms. The van der Waals surface area contributed by atoms with Crippen molar-refractivity contribution in [1.29, 1.82) is 0 Å². The first-order valence-electron chi connectivity index (χ1n) is 5.38. The molecule has 1 saturated heterocycles. The highest BCUT2D eigenvalue weighted by Crippen LogP contribution is 2.27. The number of hydrogen-bond acceptors (Lipinski definition) is 2. The van der Waals surface area contributed by atoms with Gasteiger partial charge in [0.1, 0.15) is 0 Å². The van der Waals surface area contributed by atoms with E-state index >= 15 is 0 Å². The Bertz CT molecular complexity index is 305. The molecule has 3 unspecified atom stereocenters. The summed E-state index contributed by atoms with van der Waals surface area (Å²) in [6.45, 7) is 5.65. The monoisotopic (exact) mass is 193 g/mol. The Morgan fingerprint density at radius 1 is 1.50 bits per heavy atom. The van der Waals surface area contributed by atoms with Crippen LogP contribution in [0, 0.1) is 5.92 Å². The summed E-state index contributed by atoms with van der Waals surface area (Å²) < 4.78 is 2.03. The van der Waals surface area contributed by atoms with Crippen molar-refractivity contribution in [2.75, 3.05) is 6.54 Å². The number of nitrogens with one attached hydrogen (secondary N) is 1. The van der Waals surface area contributed by atoms with Gasteiger partial charge in [-0.15, -0.1) is 0 Å². The molecule has 78 valence electrons. The number of nitrogens with zero attached hydrogens (tertiary/aromatic N) is 2. The maximum Gasteiger partial charge on any atom is 0.0946 e. The van der Waals surface area contributed by atoms with E-state index in [1.807, 2.05) is 17.9 Å². The highest BCUT2D eigenvalue weighted by molar-refractivity contribution is 5.07. The Balaban J connectivity index is 2.06. The van der Waals surface area contributed by atoms with Gasteiger partial charge in [0.05, 0.1) is 12.0 Å². The van der Waals surface area contributed by atoms with Crippen LogP contribution in [0.3, 0.4) is 0 Å². The summed E-state index contributed by atoms with van der Waals surface area (Å²) in [6.07, 6.45) is 5.28. The second-order valence-corrected chi connectivity index (χ2v) is 4.57. The summed E-state index contributed by atoms with van der Waals surface area (Å²) in [5.74, 6) is 1.35. The molecule has 2 rings (SSSR count). The van der Waals surface area contributed by atoms with Gasteiger partial charge in [0.15, 0.2) is 0 Å². The average molecular weight is 193 g/mol.